The highest BCUT2D eigenvalue weighted by molar-refractivity contribution is 7.14. The number of rotatable bonds is 2. The van der Waals surface area contributed by atoms with E-state index in [2.05, 4.69) is 43.1 Å². The first-order valence-corrected chi connectivity index (χ1v) is 6.04. The van der Waals surface area contributed by atoms with Crippen LogP contribution in [-0.2, 0) is 6.54 Å². The normalized spacial score (nSPS) is 10.8. The van der Waals surface area contributed by atoms with E-state index in [1.54, 1.807) is 11.3 Å². The summed E-state index contributed by atoms with van der Waals surface area (Å²) in [5.74, 6) is 0. The third-order valence-electron chi connectivity index (χ3n) is 2.53. The summed E-state index contributed by atoms with van der Waals surface area (Å²) in [6, 6.07) is 4.34. The molecule has 2 N–H and O–H groups in total. The molecule has 2 aromatic rings. The summed E-state index contributed by atoms with van der Waals surface area (Å²) in [5, 5.41) is 10.1. The SMILES string of the molecule is Cc1cc(C)c(-c2nnc(CN)s2)c(C)c1. The molecule has 4 heteroatoms. The lowest BCUT2D eigenvalue weighted by atomic mass is 10.0. The largest absolute Gasteiger partial charge is 0.324 e. The second kappa shape index (κ2) is 4.31. The molecule has 16 heavy (non-hydrogen) atoms. The lowest BCUT2D eigenvalue weighted by Crippen LogP contribution is -1.94. The number of benzene rings is 1. The summed E-state index contributed by atoms with van der Waals surface area (Å²) in [6.45, 7) is 6.79. The zero-order chi connectivity index (χ0) is 11.7. The van der Waals surface area contributed by atoms with Gasteiger partial charge in [0.25, 0.3) is 0 Å². The van der Waals surface area contributed by atoms with Crippen molar-refractivity contribution >= 4 is 11.3 Å². The molecule has 2 rings (SSSR count). The molecule has 0 aliphatic rings. The van der Waals surface area contributed by atoms with E-state index in [1.165, 1.54) is 22.3 Å². The molecule has 0 saturated carbocycles. The first-order chi connectivity index (χ1) is 7.61. The minimum atomic E-state index is 0.460. The van der Waals surface area contributed by atoms with Crippen molar-refractivity contribution in [2.24, 2.45) is 5.73 Å². The van der Waals surface area contributed by atoms with Gasteiger partial charge in [0.2, 0.25) is 0 Å². The predicted molar refractivity (Wildman–Crippen MR) is 67.4 cm³/mol. The lowest BCUT2D eigenvalue weighted by molar-refractivity contribution is 0.959. The molecule has 0 amide bonds. The van der Waals surface area contributed by atoms with Crippen LogP contribution in [0, 0.1) is 20.8 Å². The molecule has 3 nitrogen and oxygen atoms in total. The van der Waals surface area contributed by atoms with Gasteiger partial charge in [0, 0.05) is 12.1 Å². The minimum Gasteiger partial charge on any atom is -0.324 e. The van der Waals surface area contributed by atoms with E-state index in [0.29, 0.717) is 6.54 Å². The molecule has 1 aromatic carbocycles. The van der Waals surface area contributed by atoms with Gasteiger partial charge in [0.15, 0.2) is 0 Å². The topological polar surface area (TPSA) is 51.8 Å². The average molecular weight is 233 g/mol. The summed E-state index contributed by atoms with van der Waals surface area (Å²) in [6.07, 6.45) is 0. The third-order valence-corrected chi connectivity index (χ3v) is 3.50. The van der Waals surface area contributed by atoms with Crippen LogP contribution in [-0.4, -0.2) is 10.2 Å². The van der Waals surface area contributed by atoms with Gasteiger partial charge in [-0.2, -0.15) is 0 Å². The van der Waals surface area contributed by atoms with Crippen LogP contribution in [0.2, 0.25) is 0 Å². The van der Waals surface area contributed by atoms with Crippen LogP contribution in [0.1, 0.15) is 21.7 Å². The van der Waals surface area contributed by atoms with Crippen LogP contribution in [0.4, 0.5) is 0 Å². The molecule has 0 radical (unpaired) electrons. The molecule has 1 heterocycles. The molecular weight excluding hydrogens is 218 g/mol. The van der Waals surface area contributed by atoms with E-state index in [0.717, 1.165) is 10.0 Å². The molecule has 0 aliphatic heterocycles. The molecule has 0 unspecified atom stereocenters. The first kappa shape index (κ1) is 11.2. The molecule has 0 atom stereocenters. The number of aryl methyl sites for hydroxylation is 3. The quantitative estimate of drug-likeness (QED) is 0.867. The van der Waals surface area contributed by atoms with Gasteiger partial charge in [-0.1, -0.05) is 29.0 Å². The Balaban J connectivity index is 2.55. The van der Waals surface area contributed by atoms with Crippen LogP contribution in [0.5, 0.6) is 0 Å². The van der Waals surface area contributed by atoms with Gasteiger partial charge in [-0.15, -0.1) is 10.2 Å². The standard InChI is InChI=1S/C12H15N3S/c1-7-4-8(2)11(9(3)5-7)12-15-14-10(6-13)16-12/h4-5H,6,13H2,1-3H3. The van der Waals surface area contributed by atoms with E-state index in [-0.39, 0.29) is 0 Å². The molecule has 0 fully saturated rings. The Labute approximate surface area is 99.3 Å². The Morgan fingerprint density at radius 2 is 1.75 bits per heavy atom. The maximum Gasteiger partial charge on any atom is 0.148 e. The predicted octanol–water partition coefficient (Wildman–Crippen LogP) is 2.59. The number of nitrogens with zero attached hydrogens (tertiary/aromatic N) is 2. The van der Waals surface area contributed by atoms with Gasteiger partial charge >= 0.3 is 0 Å². The van der Waals surface area contributed by atoms with Crippen LogP contribution in [0.15, 0.2) is 12.1 Å². The van der Waals surface area contributed by atoms with Crippen molar-refractivity contribution in [2.75, 3.05) is 0 Å². The highest BCUT2D eigenvalue weighted by Crippen LogP contribution is 2.30. The van der Waals surface area contributed by atoms with E-state index >= 15 is 0 Å². The number of nitrogens with two attached hydrogens (primary N) is 1. The Hall–Kier alpha value is -1.26. The van der Waals surface area contributed by atoms with E-state index in [1.807, 2.05) is 0 Å². The van der Waals surface area contributed by atoms with Gasteiger partial charge in [-0.25, -0.2) is 0 Å². The van der Waals surface area contributed by atoms with Crippen LogP contribution in [0.3, 0.4) is 0 Å². The van der Waals surface area contributed by atoms with Crippen LogP contribution in [0.25, 0.3) is 10.6 Å². The first-order valence-electron chi connectivity index (χ1n) is 5.22. The van der Waals surface area contributed by atoms with Gasteiger partial charge in [-0.3, -0.25) is 0 Å². The highest BCUT2D eigenvalue weighted by Gasteiger charge is 2.11. The fourth-order valence-electron chi connectivity index (χ4n) is 1.95. The monoisotopic (exact) mass is 233 g/mol. The fourth-order valence-corrected chi connectivity index (χ4v) is 2.85. The van der Waals surface area contributed by atoms with Crippen molar-refractivity contribution in [3.63, 3.8) is 0 Å². The van der Waals surface area contributed by atoms with Crippen molar-refractivity contribution in [2.45, 2.75) is 27.3 Å². The van der Waals surface area contributed by atoms with E-state index < -0.39 is 0 Å². The number of aromatic nitrogens is 2. The molecule has 0 aliphatic carbocycles. The van der Waals surface area contributed by atoms with Crippen molar-refractivity contribution in [3.05, 3.63) is 33.8 Å². The van der Waals surface area contributed by atoms with Crippen LogP contribution < -0.4 is 5.73 Å². The van der Waals surface area contributed by atoms with Crippen molar-refractivity contribution in [3.8, 4) is 10.6 Å². The maximum atomic E-state index is 5.55. The van der Waals surface area contributed by atoms with Crippen molar-refractivity contribution in [1.29, 1.82) is 0 Å². The lowest BCUT2D eigenvalue weighted by Gasteiger charge is -2.07. The average Bonchev–Trinajstić information content (AvgIpc) is 2.64. The van der Waals surface area contributed by atoms with Crippen molar-refractivity contribution < 1.29 is 0 Å². The summed E-state index contributed by atoms with van der Waals surface area (Å²) < 4.78 is 0. The Kier molecular flexibility index (Phi) is 3.03. The van der Waals surface area contributed by atoms with Crippen molar-refractivity contribution in [1.82, 2.24) is 10.2 Å². The maximum absolute atomic E-state index is 5.55. The summed E-state index contributed by atoms with van der Waals surface area (Å²) >= 11 is 1.57. The zero-order valence-electron chi connectivity index (χ0n) is 9.74. The smallest absolute Gasteiger partial charge is 0.148 e. The highest BCUT2D eigenvalue weighted by atomic mass is 32.1. The van der Waals surface area contributed by atoms with Gasteiger partial charge in [0.1, 0.15) is 10.0 Å². The van der Waals surface area contributed by atoms with Gasteiger partial charge < -0.3 is 5.73 Å². The minimum absolute atomic E-state index is 0.460. The zero-order valence-corrected chi connectivity index (χ0v) is 10.6. The molecule has 84 valence electrons. The molecule has 0 bridgehead atoms. The molecule has 0 saturated heterocycles. The third kappa shape index (κ3) is 1.99. The number of hydrogen-bond acceptors (Lipinski definition) is 4. The molecule has 0 spiro atoms. The van der Waals surface area contributed by atoms with Gasteiger partial charge in [-0.05, 0) is 31.9 Å². The number of hydrogen-bond donors (Lipinski definition) is 1. The summed E-state index contributed by atoms with van der Waals surface area (Å²) in [4.78, 5) is 0. The Morgan fingerprint density at radius 1 is 1.12 bits per heavy atom. The molecule has 1 aromatic heterocycles. The second-order valence-corrected chi connectivity index (χ2v) is 5.04. The Bertz CT molecular complexity index is 494. The fraction of sp³-hybridized carbons (Fsp3) is 0.333. The second-order valence-electron chi connectivity index (χ2n) is 3.98. The van der Waals surface area contributed by atoms with Gasteiger partial charge in [0.05, 0.1) is 0 Å². The van der Waals surface area contributed by atoms with Crippen LogP contribution >= 0.6 is 11.3 Å². The summed E-state index contributed by atoms with van der Waals surface area (Å²) in [7, 11) is 0. The Morgan fingerprint density at radius 3 is 2.25 bits per heavy atom. The summed E-state index contributed by atoms with van der Waals surface area (Å²) in [5.41, 5.74) is 10.5. The van der Waals surface area contributed by atoms with E-state index in [4.69, 9.17) is 5.73 Å². The van der Waals surface area contributed by atoms with E-state index in [9.17, 15) is 0 Å². The molecular formula is C12H15N3S.